The van der Waals surface area contributed by atoms with E-state index >= 15 is 0 Å². The zero-order valence-corrected chi connectivity index (χ0v) is 12.6. The average molecular weight is 283 g/mol. The van der Waals surface area contributed by atoms with E-state index in [4.69, 9.17) is 4.98 Å². The van der Waals surface area contributed by atoms with Gasteiger partial charge in [-0.05, 0) is 50.0 Å². The molecule has 2 heterocycles. The van der Waals surface area contributed by atoms with Crippen molar-refractivity contribution in [2.45, 2.75) is 38.6 Å². The van der Waals surface area contributed by atoms with Gasteiger partial charge in [-0.1, -0.05) is 0 Å². The van der Waals surface area contributed by atoms with Gasteiger partial charge >= 0.3 is 0 Å². The number of nitrogens with zero attached hydrogens (tertiary/aromatic N) is 4. The Morgan fingerprint density at radius 2 is 1.90 bits per heavy atom. The van der Waals surface area contributed by atoms with E-state index in [1.54, 1.807) is 4.68 Å². The van der Waals surface area contributed by atoms with Crippen LogP contribution in [0.4, 0.5) is 5.95 Å². The molecular formula is C16H21N5. The minimum absolute atomic E-state index is 0.578. The zero-order chi connectivity index (χ0) is 14.4. The predicted octanol–water partition coefficient (Wildman–Crippen LogP) is 2.79. The molecule has 0 aromatic carbocycles. The van der Waals surface area contributed by atoms with E-state index in [-0.39, 0.29) is 0 Å². The quantitative estimate of drug-likeness (QED) is 0.916. The van der Waals surface area contributed by atoms with Crippen LogP contribution in [0.3, 0.4) is 0 Å². The summed E-state index contributed by atoms with van der Waals surface area (Å²) in [6.45, 7) is 2.05. The summed E-state index contributed by atoms with van der Waals surface area (Å²) in [6.07, 6.45) is 11.2. The van der Waals surface area contributed by atoms with Crippen molar-refractivity contribution in [2.24, 2.45) is 18.9 Å². The van der Waals surface area contributed by atoms with Crippen LogP contribution in [0.5, 0.6) is 0 Å². The molecule has 21 heavy (non-hydrogen) atoms. The van der Waals surface area contributed by atoms with Crippen molar-refractivity contribution in [1.82, 2.24) is 19.7 Å². The minimum atomic E-state index is 0.578. The van der Waals surface area contributed by atoms with Crippen LogP contribution in [0.15, 0.2) is 18.6 Å². The number of anilines is 1. The largest absolute Gasteiger partial charge is 0.351 e. The molecule has 4 rings (SSSR count). The molecule has 2 aromatic heterocycles. The lowest BCUT2D eigenvalue weighted by molar-refractivity contribution is 0.563. The SMILES string of the molecule is Cc1cnc(NC(C2CC2)C2CC2)nc1-c1cnn(C)c1. The summed E-state index contributed by atoms with van der Waals surface area (Å²) in [5.74, 6) is 2.44. The second kappa shape index (κ2) is 4.83. The van der Waals surface area contributed by atoms with Crippen LogP contribution in [0.25, 0.3) is 11.3 Å². The first kappa shape index (κ1) is 12.8. The van der Waals surface area contributed by atoms with Gasteiger partial charge in [-0.15, -0.1) is 0 Å². The fraction of sp³-hybridized carbons (Fsp3) is 0.562. The van der Waals surface area contributed by atoms with Gasteiger partial charge in [0.15, 0.2) is 0 Å². The summed E-state index contributed by atoms with van der Waals surface area (Å²) in [4.78, 5) is 9.22. The molecular weight excluding hydrogens is 262 g/mol. The topological polar surface area (TPSA) is 55.6 Å². The molecule has 0 saturated heterocycles. The van der Waals surface area contributed by atoms with Gasteiger partial charge in [-0.25, -0.2) is 9.97 Å². The fourth-order valence-electron chi connectivity index (χ4n) is 3.03. The second-order valence-corrected chi connectivity index (χ2v) is 6.47. The smallest absolute Gasteiger partial charge is 0.223 e. The van der Waals surface area contributed by atoms with E-state index in [1.165, 1.54) is 25.7 Å². The van der Waals surface area contributed by atoms with E-state index < -0.39 is 0 Å². The van der Waals surface area contributed by atoms with Crippen molar-refractivity contribution < 1.29 is 0 Å². The molecule has 0 radical (unpaired) electrons. The van der Waals surface area contributed by atoms with E-state index in [9.17, 15) is 0 Å². The van der Waals surface area contributed by atoms with Crippen LogP contribution < -0.4 is 5.32 Å². The first-order chi connectivity index (χ1) is 10.2. The molecule has 1 N–H and O–H groups in total. The summed E-state index contributed by atoms with van der Waals surface area (Å²) in [5, 5.41) is 7.83. The monoisotopic (exact) mass is 283 g/mol. The van der Waals surface area contributed by atoms with Crippen LogP contribution in [0, 0.1) is 18.8 Å². The maximum atomic E-state index is 4.74. The van der Waals surface area contributed by atoms with Crippen molar-refractivity contribution >= 4 is 5.95 Å². The number of hydrogen-bond donors (Lipinski definition) is 1. The van der Waals surface area contributed by atoms with Crippen molar-refractivity contribution in [2.75, 3.05) is 5.32 Å². The van der Waals surface area contributed by atoms with Crippen molar-refractivity contribution in [1.29, 1.82) is 0 Å². The normalized spacial score (nSPS) is 18.2. The number of aryl methyl sites for hydroxylation is 2. The van der Waals surface area contributed by atoms with Crippen LogP contribution >= 0.6 is 0 Å². The highest BCUT2D eigenvalue weighted by Gasteiger charge is 2.41. The summed E-state index contributed by atoms with van der Waals surface area (Å²) < 4.78 is 1.81. The highest BCUT2D eigenvalue weighted by atomic mass is 15.2. The average Bonchev–Trinajstić information content (AvgIpc) is 3.38. The van der Waals surface area contributed by atoms with E-state index in [0.717, 1.165) is 34.6 Å². The summed E-state index contributed by atoms with van der Waals surface area (Å²) in [6, 6.07) is 0.578. The Labute approximate surface area is 124 Å². The third kappa shape index (κ3) is 2.64. The fourth-order valence-corrected chi connectivity index (χ4v) is 3.03. The van der Waals surface area contributed by atoms with Crippen LogP contribution in [-0.2, 0) is 7.05 Å². The molecule has 2 aliphatic rings. The molecule has 0 unspecified atom stereocenters. The Balaban J connectivity index is 1.60. The third-order valence-corrected chi connectivity index (χ3v) is 4.51. The highest BCUT2D eigenvalue weighted by Crippen LogP contribution is 2.45. The molecule has 0 spiro atoms. The number of nitrogens with one attached hydrogen (secondary N) is 1. The summed E-state index contributed by atoms with van der Waals surface area (Å²) in [7, 11) is 1.93. The van der Waals surface area contributed by atoms with Crippen LogP contribution in [0.1, 0.15) is 31.2 Å². The van der Waals surface area contributed by atoms with Gasteiger partial charge in [0.1, 0.15) is 0 Å². The van der Waals surface area contributed by atoms with Gasteiger partial charge in [0.25, 0.3) is 0 Å². The first-order valence-corrected chi connectivity index (χ1v) is 7.80. The predicted molar refractivity (Wildman–Crippen MR) is 81.8 cm³/mol. The molecule has 0 aliphatic heterocycles. The summed E-state index contributed by atoms with van der Waals surface area (Å²) in [5.41, 5.74) is 3.11. The molecule has 5 nitrogen and oxygen atoms in total. The standard InChI is InChI=1S/C16H21N5/c1-10-7-17-16(19-14(10)13-8-18-21(2)9-13)20-15(11-3-4-11)12-5-6-12/h7-9,11-12,15H,3-6H2,1-2H3,(H,17,19,20). The van der Waals surface area contributed by atoms with Gasteiger partial charge in [0.05, 0.1) is 11.9 Å². The Bertz CT molecular complexity index is 642. The molecule has 0 bridgehead atoms. The lowest BCUT2D eigenvalue weighted by Crippen LogP contribution is -2.25. The molecule has 2 fully saturated rings. The number of rotatable bonds is 5. The molecule has 110 valence electrons. The minimum Gasteiger partial charge on any atom is -0.351 e. The number of hydrogen-bond acceptors (Lipinski definition) is 4. The Morgan fingerprint density at radius 3 is 2.48 bits per heavy atom. The van der Waals surface area contributed by atoms with Gasteiger partial charge in [0, 0.05) is 31.0 Å². The second-order valence-electron chi connectivity index (χ2n) is 6.47. The van der Waals surface area contributed by atoms with Gasteiger partial charge < -0.3 is 5.32 Å². The first-order valence-electron chi connectivity index (χ1n) is 7.80. The highest BCUT2D eigenvalue weighted by molar-refractivity contribution is 5.62. The lowest BCUT2D eigenvalue weighted by Gasteiger charge is -2.18. The summed E-state index contributed by atoms with van der Waals surface area (Å²) >= 11 is 0. The van der Waals surface area contributed by atoms with E-state index in [2.05, 4.69) is 15.4 Å². The Morgan fingerprint density at radius 1 is 1.19 bits per heavy atom. The van der Waals surface area contributed by atoms with Gasteiger partial charge in [-0.3, -0.25) is 4.68 Å². The van der Waals surface area contributed by atoms with Crippen molar-refractivity contribution in [3.05, 3.63) is 24.2 Å². The van der Waals surface area contributed by atoms with E-state index in [1.807, 2.05) is 32.6 Å². The molecule has 2 aliphatic carbocycles. The van der Waals surface area contributed by atoms with Gasteiger partial charge in [-0.2, -0.15) is 5.10 Å². The van der Waals surface area contributed by atoms with Crippen LogP contribution in [0.2, 0.25) is 0 Å². The molecule has 0 amide bonds. The number of aromatic nitrogens is 4. The lowest BCUT2D eigenvalue weighted by atomic mass is 10.1. The van der Waals surface area contributed by atoms with Crippen molar-refractivity contribution in [3.63, 3.8) is 0 Å². The zero-order valence-electron chi connectivity index (χ0n) is 12.6. The molecule has 2 aromatic rings. The van der Waals surface area contributed by atoms with Crippen LogP contribution in [-0.4, -0.2) is 25.8 Å². The van der Waals surface area contributed by atoms with Gasteiger partial charge in [0.2, 0.25) is 5.95 Å². The van der Waals surface area contributed by atoms with E-state index in [0.29, 0.717) is 6.04 Å². The third-order valence-electron chi connectivity index (χ3n) is 4.51. The maximum absolute atomic E-state index is 4.74. The molecule has 0 atom stereocenters. The maximum Gasteiger partial charge on any atom is 0.223 e. The Kier molecular flexibility index (Phi) is 2.94. The molecule has 2 saturated carbocycles. The molecule has 5 heteroatoms. The van der Waals surface area contributed by atoms with Crippen molar-refractivity contribution in [3.8, 4) is 11.3 Å². The Hall–Kier alpha value is -1.91.